The average Bonchev–Trinajstić information content (AvgIpc) is 2.81. The lowest BCUT2D eigenvalue weighted by atomic mass is 10.1. The first-order valence-electron chi connectivity index (χ1n) is 7.19. The number of anilines is 1. The summed E-state index contributed by atoms with van der Waals surface area (Å²) < 4.78 is 0. The maximum atomic E-state index is 12.2. The summed E-state index contributed by atoms with van der Waals surface area (Å²) in [6, 6.07) is 9.40. The van der Waals surface area contributed by atoms with E-state index in [4.69, 9.17) is 0 Å². The minimum absolute atomic E-state index is 0.0566. The van der Waals surface area contributed by atoms with Crippen molar-refractivity contribution in [3.05, 3.63) is 59.4 Å². The van der Waals surface area contributed by atoms with E-state index in [1.807, 2.05) is 0 Å². The van der Waals surface area contributed by atoms with Crippen LogP contribution in [0.3, 0.4) is 0 Å². The van der Waals surface area contributed by atoms with Gasteiger partial charge in [0.2, 0.25) is 5.91 Å². The Bertz CT molecular complexity index is 823. The third-order valence-electron chi connectivity index (χ3n) is 3.61. The number of amides is 3. The molecule has 0 radical (unpaired) electrons. The molecule has 0 saturated heterocycles. The van der Waals surface area contributed by atoms with Crippen LogP contribution >= 0.6 is 0 Å². The zero-order valence-corrected chi connectivity index (χ0v) is 12.8. The monoisotopic (exact) mass is 323 g/mol. The normalized spacial score (nSPS) is 13.0. The number of nitrogens with zero attached hydrogens (tertiary/aromatic N) is 2. The van der Waals surface area contributed by atoms with E-state index in [-0.39, 0.29) is 17.0 Å². The van der Waals surface area contributed by atoms with Gasteiger partial charge in [0.05, 0.1) is 5.56 Å². The van der Waals surface area contributed by atoms with Gasteiger partial charge in [0.25, 0.3) is 11.8 Å². The quantitative estimate of drug-likeness (QED) is 0.680. The Labute approximate surface area is 137 Å². The van der Waals surface area contributed by atoms with Crippen molar-refractivity contribution in [3.8, 4) is 0 Å². The Balaban J connectivity index is 1.69. The Hall–Kier alpha value is -3.35. The molecule has 1 N–H and O–H groups in total. The van der Waals surface area contributed by atoms with E-state index in [9.17, 15) is 19.2 Å². The SMILES string of the molecule is CC(=O)c1ccc(NC(=O)CN2C(=O)c3cccnc3C2=O)cc1. The number of aromatic nitrogens is 1. The fraction of sp³-hybridized carbons (Fsp3) is 0.118. The number of hydrogen-bond donors (Lipinski definition) is 1. The first-order chi connectivity index (χ1) is 11.5. The second-order valence-corrected chi connectivity index (χ2v) is 5.28. The third kappa shape index (κ3) is 2.79. The van der Waals surface area contributed by atoms with Crippen molar-refractivity contribution in [2.75, 3.05) is 11.9 Å². The number of rotatable bonds is 4. The van der Waals surface area contributed by atoms with Gasteiger partial charge in [0.15, 0.2) is 5.78 Å². The lowest BCUT2D eigenvalue weighted by Gasteiger charge is -2.13. The number of benzene rings is 1. The minimum Gasteiger partial charge on any atom is -0.325 e. The van der Waals surface area contributed by atoms with Gasteiger partial charge in [-0.2, -0.15) is 0 Å². The van der Waals surface area contributed by atoms with Crippen molar-refractivity contribution in [1.29, 1.82) is 0 Å². The largest absolute Gasteiger partial charge is 0.325 e. The minimum atomic E-state index is -0.585. The van der Waals surface area contributed by atoms with Crippen molar-refractivity contribution < 1.29 is 19.2 Å². The number of fused-ring (bicyclic) bond motifs is 1. The molecule has 0 spiro atoms. The van der Waals surface area contributed by atoms with Crippen molar-refractivity contribution >= 4 is 29.2 Å². The number of imide groups is 1. The predicted molar refractivity (Wildman–Crippen MR) is 84.7 cm³/mol. The Kier molecular flexibility index (Phi) is 3.91. The number of Topliss-reactive ketones (excluding diaryl/α,β-unsaturated/α-hetero) is 1. The molecule has 1 aromatic heterocycles. The summed E-state index contributed by atoms with van der Waals surface area (Å²) in [6.07, 6.45) is 1.42. The molecular formula is C17H13N3O4. The van der Waals surface area contributed by atoms with Gasteiger partial charge in [-0.3, -0.25) is 29.1 Å². The molecule has 0 fully saturated rings. The van der Waals surface area contributed by atoms with E-state index in [2.05, 4.69) is 10.3 Å². The summed E-state index contributed by atoms with van der Waals surface area (Å²) in [5, 5.41) is 2.59. The summed E-state index contributed by atoms with van der Waals surface area (Å²) in [5.74, 6) is -1.71. The van der Waals surface area contributed by atoms with Crippen LogP contribution < -0.4 is 5.32 Å². The van der Waals surface area contributed by atoms with E-state index < -0.39 is 24.3 Å². The molecule has 3 rings (SSSR count). The van der Waals surface area contributed by atoms with E-state index >= 15 is 0 Å². The van der Waals surface area contributed by atoms with Gasteiger partial charge >= 0.3 is 0 Å². The van der Waals surface area contributed by atoms with Crippen LogP contribution in [0.1, 0.15) is 38.1 Å². The lowest BCUT2D eigenvalue weighted by Crippen LogP contribution is -2.37. The van der Waals surface area contributed by atoms with Crippen molar-refractivity contribution in [2.45, 2.75) is 6.92 Å². The second kappa shape index (κ2) is 6.04. The fourth-order valence-electron chi connectivity index (χ4n) is 2.39. The standard InChI is InChI=1S/C17H13N3O4/c1-10(21)11-4-6-12(7-5-11)19-14(22)9-20-16(23)13-3-2-8-18-15(13)17(20)24/h2-8H,9H2,1H3,(H,19,22). The molecule has 0 bridgehead atoms. The van der Waals surface area contributed by atoms with Gasteiger partial charge in [-0.15, -0.1) is 0 Å². The fourth-order valence-corrected chi connectivity index (χ4v) is 2.39. The number of carbonyl (C=O) groups excluding carboxylic acids is 4. The van der Waals surface area contributed by atoms with Crippen LogP contribution in [-0.4, -0.2) is 39.9 Å². The zero-order valence-electron chi connectivity index (χ0n) is 12.8. The van der Waals surface area contributed by atoms with Crippen LogP contribution in [0.4, 0.5) is 5.69 Å². The van der Waals surface area contributed by atoms with Gasteiger partial charge < -0.3 is 5.32 Å². The molecule has 24 heavy (non-hydrogen) atoms. The molecule has 2 heterocycles. The summed E-state index contributed by atoms with van der Waals surface area (Å²) in [4.78, 5) is 52.3. The molecule has 7 heteroatoms. The molecule has 120 valence electrons. The molecule has 1 aromatic carbocycles. The Morgan fingerprint density at radius 2 is 1.79 bits per heavy atom. The molecule has 7 nitrogen and oxygen atoms in total. The highest BCUT2D eigenvalue weighted by Gasteiger charge is 2.37. The zero-order chi connectivity index (χ0) is 17.3. The highest BCUT2D eigenvalue weighted by atomic mass is 16.2. The number of nitrogens with one attached hydrogen (secondary N) is 1. The van der Waals surface area contributed by atoms with Crippen LogP contribution in [0.5, 0.6) is 0 Å². The number of pyridine rings is 1. The van der Waals surface area contributed by atoms with Crippen LogP contribution in [-0.2, 0) is 4.79 Å². The molecule has 1 aliphatic heterocycles. The molecule has 0 atom stereocenters. The molecule has 3 amide bonds. The van der Waals surface area contributed by atoms with Gasteiger partial charge in [0.1, 0.15) is 12.2 Å². The average molecular weight is 323 g/mol. The van der Waals surface area contributed by atoms with E-state index in [0.717, 1.165) is 4.90 Å². The molecule has 0 saturated carbocycles. The Morgan fingerprint density at radius 3 is 2.42 bits per heavy atom. The van der Waals surface area contributed by atoms with Crippen molar-refractivity contribution in [1.82, 2.24) is 9.88 Å². The first kappa shape index (κ1) is 15.5. The molecule has 2 aromatic rings. The predicted octanol–water partition coefficient (Wildman–Crippen LogP) is 1.52. The molecular weight excluding hydrogens is 310 g/mol. The summed E-state index contributed by atoms with van der Waals surface area (Å²) >= 11 is 0. The number of carbonyl (C=O) groups is 4. The topological polar surface area (TPSA) is 96.4 Å². The summed E-state index contributed by atoms with van der Waals surface area (Å²) in [7, 11) is 0. The number of ketones is 1. The lowest BCUT2D eigenvalue weighted by molar-refractivity contribution is -0.116. The van der Waals surface area contributed by atoms with E-state index in [0.29, 0.717) is 11.3 Å². The van der Waals surface area contributed by atoms with Crippen molar-refractivity contribution in [2.24, 2.45) is 0 Å². The maximum Gasteiger partial charge on any atom is 0.280 e. The molecule has 0 aliphatic carbocycles. The summed E-state index contributed by atoms with van der Waals surface area (Å²) in [6.45, 7) is 1.05. The third-order valence-corrected chi connectivity index (χ3v) is 3.61. The van der Waals surface area contributed by atoms with Gasteiger partial charge in [-0.25, -0.2) is 0 Å². The van der Waals surface area contributed by atoms with Crippen LogP contribution in [0.2, 0.25) is 0 Å². The van der Waals surface area contributed by atoms with Gasteiger partial charge in [-0.05, 0) is 43.3 Å². The maximum absolute atomic E-state index is 12.2. The van der Waals surface area contributed by atoms with Crippen LogP contribution in [0, 0.1) is 0 Å². The number of hydrogen-bond acceptors (Lipinski definition) is 5. The van der Waals surface area contributed by atoms with Gasteiger partial charge in [0, 0.05) is 17.4 Å². The smallest absolute Gasteiger partial charge is 0.280 e. The highest BCUT2D eigenvalue weighted by molar-refractivity contribution is 6.21. The Morgan fingerprint density at radius 1 is 1.08 bits per heavy atom. The highest BCUT2D eigenvalue weighted by Crippen LogP contribution is 2.20. The van der Waals surface area contributed by atoms with E-state index in [1.165, 1.54) is 19.2 Å². The van der Waals surface area contributed by atoms with Crippen LogP contribution in [0.25, 0.3) is 0 Å². The second-order valence-electron chi connectivity index (χ2n) is 5.28. The first-order valence-corrected chi connectivity index (χ1v) is 7.19. The van der Waals surface area contributed by atoms with E-state index in [1.54, 1.807) is 30.3 Å². The molecule has 0 unspecified atom stereocenters. The molecule has 1 aliphatic rings. The van der Waals surface area contributed by atoms with Crippen molar-refractivity contribution in [3.63, 3.8) is 0 Å². The van der Waals surface area contributed by atoms with Crippen LogP contribution in [0.15, 0.2) is 42.6 Å². The van der Waals surface area contributed by atoms with Gasteiger partial charge in [-0.1, -0.05) is 0 Å². The summed E-state index contributed by atoms with van der Waals surface area (Å²) in [5.41, 5.74) is 1.25.